The van der Waals surface area contributed by atoms with Gasteiger partial charge in [-0.15, -0.1) is 0 Å². The lowest BCUT2D eigenvalue weighted by Gasteiger charge is -2.01. The van der Waals surface area contributed by atoms with Gasteiger partial charge in [0.2, 0.25) is 5.91 Å². The van der Waals surface area contributed by atoms with Crippen molar-refractivity contribution in [2.45, 2.75) is 5.03 Å². The number of halogens is 1. The van der Waals surface area contributed by atoms with Crippen LogP contribution in [-0.4, -0.2) is 21.6 Å². The normalized spacial score (nSPS) is 10.7. The van der Waals surface area contributed by atoms with Crippen LogP contribution in [0.2, 0.25) is 0 Å². The van der Waals surface area contributed by atoms with Crippen molar-refractivity contribution < 1.29 is 9.18 Å². The molecule has 0 aliphatic heterocycles. The zero-order chi connectivity index (χ0) is 16.2. The molecule has 0 aliphatic rings. The molecule has 3 aromatic rings. The van der Waals surface area contributed by atoms with Crippen LogP contribution in [0.15, 0.2) is 59.6 Å². The number of nitrogens with zero attached hydrogens (tertiary/aromatic N) is 1. The average molecular weight is 327 g/mol. The summed E-state index contributed by atoms with van der Waals surface area (Å²) in [5.74, 6) is -0.0565. The lowest BCUT2D eigenvalue weighted by Crippen LogP contribution is -2.13. The number of thioether (sulfide) groups is 1. The maximum atomic E-state index is 13.4. The van der Waals surface area contributed by atoms with Crippen molar-refractivity contribution >= 4 is 17.7 Å². The molecule has 1 aromatic heterocycles. The fourth-order valence-electron chi connectivity index (χ4n) is 2.17. The number of nitrogens with one attached hydrogen (secondary N) is 1. The number of benzene rings is 2. The van der Waals surface area contributed by atoms with Gasteiger partial charge in [0.1, 0.15) is 16.7 Å². The maximum Gasteiger partial charge on any atom is 0.227 e. The summed E-state index contributed by atoms with van der Waals surface area (Å²) in [4.78, 5) is 18.8. The molecule has 0 atom stereocenters. The van der Waals surface area contributed by atoms with Crippen LogP contribution in [0.3, 0.4) is 0 Å². The summed E-state index contributed by atoms with van der Waals surface area (Å²) in [7, 11) is 0. The smallest absolute Gasteiger partial charge is 0.227 e. The summed E-state index contributed by atoms with van der Waals surface area (Å²) < 4.78 is 13.4. The predicted octanol–water partition coefficient (Wildman–Crippen LogP) is 3.46. The Hall–Kier alpha value is -2.60. The van der Waals surface area contributed by atoms with Gasteiger partial charge in [-0.3, -0.25) is 4.79 Å². The fourth-order valence-corrected chi connectivity index (χ4v) is 2.92. The molecule has 1 amide bonds. The maximum absolute atomic E-state index is 13.4. The average Bonchev–Trinajstić information content (AvgIpc) is 2.98. The van der Waals surface area contributed by atoms with Gasteiger partial charge < -0.3 is 10.7 Å². The van der Waals surface area contributed by atoms with E-state index >= 15 is 0 Å². The number of aromatic nitrogens is 2. The van der Waals surface area contributed by atoms with Crippen LogP contribution < -0.4 is 5.73 Å². The molecule has 4 nitrogen and oxygen atoms in total. The molecule has 3 rings (SSSR count). The highest BCUT2D eigenvalue weighted by Gasteiger charge is 2.15. The number of aromatic amines is 1. The van der Waals surface area contributed by atoms with E-state index in [1.807, 2.05) is 30.3 Å². The number of rotatable bonds is 5. The quantitative estimate of drug-likeness (QED) is 0.705. The molecule has 6 heteroatoms. The summed E-state index contributed by atoms with van der Waals surface area (Å²) >= 11 is 1.26. The van der Waals surface area contributed by atoms with Crippen molar-refractivity contribution in [3.8, 4) is 22.6 Å². The number of hydrogen-bond acceptors (Lipinski definition) is 3. The summed E-state index contributed by atoms with van der Waals surface area (Å²) in [6, 6.07) is 15.8. The first-order valence-electron chi connectivity index (χ1n) is 6.96. The molecule has 1 heterocycles. The molecule has 0 saturated carbocycles. The minimum Gasteiger partial charge on any atom is -0.369 e. The molecule has 0 bridgehead atoms. The zero-order valence-electron chi connectivity index (χ0n) is 12.1. The second-order valence-corrected chi connectivity index (χ2v) is 5.86. The minimum absolute atomic E-state index is 0.132. The molecule has 0 fully saturated rings. The van der Waals surface area contributed by atoms with E-state index in [-0.39, 0.29) is 11.6 Å². The number of imidazole rings is 1. The van der Waals surface area contributed by atoms with Crippen molar-refractivity contribution in [3.05, 3.63) is 60.4 Å². The second-order valence-electron chi connectivity index (χ2n) is 4.90. The summed E-state index contributed by atoms with van der Waals surface area (Å²) in [5.41, 5.74) is 7.59. The van der Waals surface area contributed by atoms with E-state index < -0.39 is 5.91 Å². The number of amides is 1. The molecule has 0 saturated heterocycles. The molecule has 23 heavy (non-hydrogen) atoms. The van der Waals surface area contributed by atoms with E-state index in [9.17, 15) is 9.18 Å². The molecule has 2 aromatic carbocycles. The Labute approximate surface area is 136 Å². The van der Waals surface area contributed by atoms with Crippen LogP contribution in [0.5, 0.6) is 0 Å². The van der Waals surface area contributed by atoms with Gasteiger partial charge in [0.15, 0.2) is 0 Å². The highest BCUT2D eigenvalue weighted by atomic mass is 32.2. The van der Waals surface area contributed by atoms with Gasteiger partial charge in [0, 0.05) is 11.1 Å². The molecule has 3 N–H and O–H groups in total. The third kappa shape index (κ3) is 3.60. The van der Waals surface area contributed by atoms with Gasteiger partial charge in [-0.2, -0.15) is 0 Å². The Morgan fingerprint density at radius 3 is 2.57 bits per heavy atom. The minimum atomic E-state index is -0.413. The van der Waals surface area contributed by atoms with E-state index in [1.165, 1.54) is 23.9 Å². The van der Waals surface area contributed by atoms with Crippen molar-refractivity contribution in [2.75, 3.05) is 5.75 Å². The Balaban J connectivity index is 2.04. The first kappa shape index (κ1) is 15.3. The Kier molecular flexibility index (Phi) is 4.43. The molecule has 0 aliphatic carbocycles. The molecular weight excluding hydrogens is 313 g/mol. The lowest BCUT2D eigenvalue weighted by atomic mass is 10.2. The first-order chi connectivity index (χ1) is 11.1. The number of carbonyl (C=O) groups excluding carboxylic acids is 1. The molecule has 0 unspecified atom stereocenters. The van der Waals surface area contributed by atoms with Crippen molar-refractivity contribution in [1.29, 1.82) is 0 Å². The third-order valence-corrected chi connectivity index (χ3v) is 4.18. The van der Waals surface area contributed by atoms with Crippen LogP contribution in [0, 0.1) is 5.82 Å². The Bertz CT molecular complexity index is 833. The van der Waals surface area contributed by atoms with E-state index in [0.717, 1.165) is 11.3 Å². The molecular formula is C17H14FN3OS. The molecule has 0 radical (unpaired) electrons. The highest BCUT2D eigenvalue weighted by Crippen LogP contribution is 2.32. The van der Waals surface area contributed by atoms with Crippen molar-refractivity contribution in [3.63, 3.8) is 0 Å². The van der Waals surface area contributed by atoms with E-state index in [0.29, 0.717) is 16.4 Å². The van der Waals surface area contributed by atoms with E-state index in [4.69, 9.17) is 5.73 Å². The number of primary amides is 1. The second kappa shape index (κ2) is 6.66. The third-order valence-electron chi connectivity index (χ3n) is 3.18. The molecule has 0 spiro atoms. The van der Waals surface area contributed by atoms with E-state index in [2.05, 4.69) is 9.97 Å². The topological polar surface area (TPSA) is 71.8 Å². The highest BCUT2D eigenvalue weighted by molar-refractivity contribution is 8.00. The summed E-state index contributed by atoms with van der Waals surface area (Å²) in [6.45, 7) is 0. The fraction of sp³-hybridized carbons (Fsp3) is 0.0588. The monoisotopic (exact) mass is 327 g/mol. The number of hydrogen-bond donors (Lipinski definition) is 2. The Morgan fingerprint density at radius 2 is 1.87 bits per heavy atom. The number of carbonyl (C=O) groups is 1. The number of H-pyrrole nitrogens is 1. The van der Waals surface area contributed by atoms with E-state index in [1.54, 1.807) is 12.1 Å². The van der Waals surface area contributed by atoms with Gasteiger partial charge in [0.05, 0.1) is 11.4 Å². The van der Waals surface area contributed by atoms with Gasteiger partial charge in [-0.05, 0) is 12.1 Å². The van der Waals surface area contributed by atoms with Crippen molar-refractivity contribution in [1.82, 2.24) is 9.97 Å². The largest absolute Gasteiger partial charge is 0.369 e. The van der Waals surface area contributed by atoms with Crippen molar-refractivity contribution in [2.24, 2.45) is 5.73 Å². The Morgan fingerprint density at radius 1 is 1.13 bits per heavy atom. The van der Waals surface area contributed by atoms with Crippen LogP contribution in [-0.2, 0) is 4.79 Å². The standard InChI is InChI=1S/C17H14FN3OS/c18-13-8-4-7-12(9-13)16-20-15(11-5-2-1-3-6-11)17(21-16)23-10-14(19)22/h1-9H,10H2,(H2,19,22)(H,20,21). The van der Waals surface area contributed by atoms with Crippen LogP contribution in [0.1, 0.15) is 0 Å². The van der Waals surface area contributed by atoms with Gasteiger partial charge in [-0.25, -0.2) is 9.37 Å². The first-order valence-corrected chi connectivity index (χ1v) is 7.94. The van der Waals surface area contributed by atoms with Gasteiger partial charge >= 0.3 is 0 Å². The zero-order valence-corrected chi connectivity index (χ0v) is 12.9. The van der Waals surface area contributed by atoms with Gasteiger partial charge in [0.25, 0.3) is 0 Å². The summed E-state index contributed by atoms with van der Waals surface area (Å²) in [5, 5.41) is 0.661. The lowest BCUT2D eigenvalue weighted by molar-refractivity contribution is -0.115. The predicted molar refractivity (Wildman–Crippen MR) is 89.3 cm³/mol. The van der Waals surface area contributed by atoms with Crippen LogP contribution >= 0.6 is 11.8 Å². The molecule has 116 valence electrons. The van der Waals surface area contributed by atoms with Crippen LogP contribution in [0.4, 0.5) is 4.39 Å². The van der Waals surface area contributed by atoms with Gasteiger partial charge in [-0.1, -0.05) is 54.2 Å². The van der Waals surface area contributed by atoms with Crippen LogP contribution in [0.25, 0.3) is 22.6 Å². The number of nitrogens with two attached hydrogens (primary N) is 1. The SMILES string of the molecule is NC(=O)CSc1nc(-c2cccc(F)c2)[nH]c1-c1ccccc1. The summed E-state index contributed by atoms with van der Waals surface area (Å²) in [6.07, 6.45) is 0.